The van der Waals surface area contributed by atoms with Crippen molar-refractivity contribution in [2.75, 3.05) is 46.6 Å². The van der Waals surface area contributed by atoms with Crippen molar-refractivity contribution in [1.29, 1.82) is 0 Å². The Bertz CT molecular complexity index is 1640. The van der Waals surface area contributed by atoms with Crippen molar-refractivity contribution in [1.82, 2.24) is 26.6 Å². The van der Waals surface area contributed by atoms with Gasteiger partial charge in [0, 0.05) is 36.9 Å². The lowest BCUT2D eigenvalue weighted by Crippen LogP contribution is -2.60. The largest absolute Gasteiger partial charge is 0.463 e. The van der Waals surface area contributed by atoms with Crippen LogP contribution in [0.4, 0.5) is 0 Å². The van der Waals surface area contributed by atoms with E-state index < -0.39 is 29.0 Å². The van der Waals surface area contributed by atoms with E-state index in [1.165, 1.54) is 5.57 Å². The smallest absolute Gasteiger partial charge is 0.350 e. The van der Waals surface area contributed by atoms with Crippen LogP contribution in [-0.2, 0) is 23.9 Å². The van der Waals surface area contributed by atoms with E-state index in [4.69, 9.17) is 15.2 Å². The van der Waals surface area contributed by atoms with Gasteiger partial charge in [-0.05, 0) is 157 Å². The van der Waals surface area contributed by atoms with Crippen LogP contribution in [0.3, 0.4) is 0 Å². The Morgan fingerprint density at radius 1 is 1.03 bits per heavy atom. The van der Waals surface area contributed by atoms with Crippen molar-refractivity contribution in [3.63, 3.8) is 0 Å². The highest BCUT2D eigenvalue weighted by molar-refractivity contribution is 6.23. The number of Topliss-reactive ketones (excluding diaryl/α,β-unsaturated/α-hetero) is 2. The summed E-state index contributed by atoms with van der Waals surface area (Å²) in [4.78, 5) is 45.4. The topological polar surface area (TPSA) is 179 Å². The standard InChI is InChI=1S/C48H78N6O6/c1-6-51-39-22-34-11-8-7-10-33(34)21-36(39)28-59-45(58)48-44(57)42-35(24-46(3,4)23-32-16-17-40(49)53-26-32)12-9-13-38(42)43(56)47(48,60-48)25-37(27-55)30(2)14-15-31-18-19-52-41(20-31)54-29-50-5/h8,11,22,31-33,35-36,38-42,50-55H,6-7,9-10,12-21,23-29,49H2,1-5H3. The molecule has 5 fully saturated rings. The van der Waals surface area contributed by atoms with Crippen LogP contribution in [0.2, 0.25) is 0 Å². The molecule has 0 radical (unpaired) electrons. The molecule has 12 unspecified atom stereocenters. The van der Waals surface area contributed by atoms with Crippen molar-refractivity contribution in [3.8, 4) is 0 Å². The minimum atomic E-state index is -1.99. The minimum absolute atomic E-state index is 0.0334. The van der Waals surface area contributed by atoms with E-state index in [0.29, 0.717) is 29.7 Å². The first kappa shape index (κ1) is 45.7. The van der Waals surface area contributed by atoms with E-state index in [-0.39, 0.29) is 66.8 Å². The molecule has 7 rings (SSSR count). The Kier molecular flexibility index (Phi) is 15.0. The average molecular weight is 835 g/mol. The zero-order valence-corrected chi connectivity index (χ0v) is 37.4. The van der Waals surface area contributed by atoms with Crippen molar-refractivity contribution in [2.45, 2.75) is 154 Å². The number of nitrogens with one attached hydrogen (secondary N) is 5. The van der Waals surface area contributed by atoms with Crippen LogP contribution < -0.4 is 32.3 Å². The van der Waals surface area contributed by atoms with Gasteiger partial charge in [-0.1, -0.05) is 51.0 Å². The van der Waals surface area contributed by atoms with Crippen LogP contribution in [0.5, 0.6) is 0 Å². The molecule has 0 aromatic rings. The lowest BCUT2D eigenvalue weighted by Gasteiger charge is -2.45. The Morgan fingerprint density at radius 3 is 2.62 bits per heavy atom. The number of carbonyl (C=O) groups is 3. The Hall–Kier alpha value is -2.29. The number of rotatable bonds is 18. The first-order valence-corrected chi connectivity index (χ1v) is 23.8. The molecule has 4 aliphatic carbocycles. The molecule has 3 aliphatic heterocycles. The minimum Gasteiger partial charge on any atom is -0.463 e. The molecule has 3 saturated heterocycles. The van der Waals surface area contributed by atoms with E-state index in [9.17, 15) is 9.90 Å². The molecular weight excluding hydrogens is 757 g/mol. The second-order valence-corrected chi connectivity index (χ2v) is 20.6. The van der Waals surface area contributed by atoms with Crippen LogP contribution in [0.1, 0.15) is 124 Å². The van der Waals surface area contributed by atoms with Gasteiger partial charge in [-0.25, -0.2) is 4.79 Å². The highest BCUT2D eigenvalue weighted by atomic mass is 16.7. The van der Waals surface area contributed by atoms with Crippen LogP contribution >= 0.6 is 0 Å². The first-order chi connectivity index (χ1) is 28.8. The fraction of sp³-hybridized carbons (Fsp3) is 0.812. The number of hydrogen-bond acceptors (Lipinski definition) is 12. The summed E-state index contributed by atoms with van der Waals surface area (Å²) in [7, 11) is 1.93. The van der Waals surface area contributed by atoms with E-state index in [1.807, 2.05) is 14.0 Å². The van der Waals surface area contributed by atoms with Crippen LogP contribution in [0.15, 0.2) is 34.9 Å². The summed E-state index contributed by atoms with van der Waals surface area (Å²) in [5.41, 5.74) is 5.47. The average Bonchev–Trinajstić information content (AvgIpc) is 3.94. The number of nitrogens with two attached hydrogens (primary N) is 1. The Morgan fingerprint density at radius 2 is 1.87 bits per heavy atom. The van der Waals surface area contributed by atoms with Gasteiger partial charge in [0.05, 0.1) is 25.5 Å². The third-order valence-corrected chi connectivity index (χ3v) is 15.8. The summed E-state index contributed by atoms with van der Waals surface area (Å²) in [5, 5.41) is 28.2. The van der Waals surface area contributed by atoms with Gasteiger partial charge in [0.2, 0.25) is 0 Å². The van der Waals surface area contributed by atoms with Crippen molar-refractivity contribution < 1.29 is 29.0 Å². The van der Waals surface area contributed by atoms with Gasteiger partial charge in [0.15, 0.2) is 17.2 Å². The van der Waals surface area contributed by atoms with E-state index >= 15 is 9.59 Å². The highest BCUT2D eigenvalue weighted by Gasteiger charge is 2.87. The third kappa shape index (κ3) is 9.61. The number of piperidine rings is 2. The predicted molar refractivity (Wildman–Crippen MR) is 234 cm³/mol. The summed E-state index contributed by atoms with van der Waals surface area (Å²) >= 11 is 0. The van der Waals surface area contributed by atoms with Crippen LogP contribution in [0.25, 0.3) is 0 Å². The van der Waals surface area contributed by atoms with Gasteiger partial charge in [0.1, 0.15) is 0 Å². The molecule has 60 heavy (non-hydrogen) atoms. The second-order valence-electron chi connectivity index (χ2n) is 20.6. The molecule has 3 heterocycles. The maximum atomic E-state index is 15.4. The number of aliphatic hydroxyl groups is 1. The molecule has 12 atom stereocenters. The predicted octanol–water partition coefficient (Wildman–Crippen LogP) is 4.77. The van der Waals surface area contributed by atoms with Crippen LogP contribution in [0, 0.1) is 46.8 Å². The van der Waals surface area contributed by atoms with Gasteiger partial charge in [0.25, 0.3) is 5.60 Å². The lowest BCUT2D eigenvalue weighted by atomic mass is 9.55. The molecule has 0 aromatic heterocycles. The quantitative estimate of drug-likeness (QED) is 0.0331. The van der Waals surface area contributed by atoms with E-state index in [0.717, 1.165) is 115 Å². The summed E-state index contributed by atoms with van der Waals surface area (Å²) in [6.07, 6.45) is 20.0. The molecule has 12 nitrogen and oxygen atoms in total. The number of aliphatic hydroxyl groups excluding tert-OH is 1. The van der Waals surface area contributed by atoms with Gasteiger partial charge in [-0.3, -0.25) is 14.9 Å². The number of ether oxygens (including phenoxy) is 2. The number of ketones is 2. The van der Waals surface area contributed by atoms with E-state index in [1.54, 1.807) is 0 Å². The first-order valence-electron chi connectivity index (χ1n) is 23.8. The normalized spacial score (nSPS) is 38.3. The summed E-state index contributed by atoms with van der Waals surface area (Å²) < 4.78 is 12.9. The van der Waals surface area contributed by atoms with Crippen molar-refractivity contribution >= 4 is 17.5 Å². The molecular formula is C48H78N6O6. The molecule has 8 N–H and O–H groups in total. The molecule has 0 amide bonds. The monoisotopic (exact) mass is 835 g/mol. The molecule has 0 aromatic carbocycles. The molecule has 12 heteroatoms. The molecule has 2 saturated carbocycles. The number of hydrogen-bond donors (Lipinski definition) is 7. The number of fused-ring (bicyclic) bond motifs is 3. The number of likely N-dealkylation sites (N-methyl/N-ethyl adjacent to an activating group) is 1. The van der Waals surface area contributed by atoms with Gasteiger partial charge >= 0.3 is 5.97 Å². The Labute approximate surface area is 359 Å². The summed E-state index contributed by atoms with van der Waals surface area (Å²) in [5.74, 6) is -0.809. The van der Waals surface area contributed by atoms with Gasteiger partial charge in [-0.2, -0.15) is 0 Å². The molecule has 7 aliphatic rings. The van der Waals surface area contributed by atoms with Gasteiger partial charge in [-0.15, -0.1) is 0 Å². The van der Waals surface area contributed by atoms with Crippen molar-refractivity contribution in [3.05, 3.63) is 34.9 Å². The van der Waals surface area contributed by atoms with Crippen molar-refractivity contribution in [2.24, 2.45) is 52.6 Å². The maximum absolute atomic E-state index is 15.4. The highest BCUT2D eigenvalue weighted by Crippen LogP contribution is 2.64. The number of esters is 1. The zero-order valence-electron chi connectivity index (χ0n) is 37.4. The Balaban J connectivity index is 1.13. The number of carbonyl (C=O) groups excluding carboxylic acids is 3. The van der Waals surface area contributed by atoms with E-state index in [2.05, 4.69) is 65.6 Å². The second kappa shape index (κ2) is 19.6. The van der Waals surface area contributed by atoms with Gasteiger partial charge < -0.3 is 41.6 Å². The number of allylic oxidation sites excluding steroid dienone is 4. The fourth-order valence-electron chi connectivity index (χ4n) is 12.6. The van der Waals surface area contributed by atoms with Crippen LogP contribution in [-0.4, -0.2) is 98.8 Å². The molecule has 0 spiro atoms. The third-order valence-electron chi connectivity index (χ3n) is 15.8. The summed E-state index contributed by atoms with van der Waals surface area (Å²) in [6.45, 7) is 11.9. The molecule has 336 valence electrons. The molecule has 0 bridgehead atoms. The summed E-state index contributed by atoms with van der Waals surface area (Å²) in [6, 6.07) is 0.0354. The number of epoxide rings is 1. The lowest BCUT2D eigenvalue weighted by molar-refractivity contribution is -0.161. The fourth-order valence-corrected chi connectivity index (χ4v) is 12.6. The maximum Gasteiger partial charge on any atom is 0.350 e. The SMILES string of the molecule is CCNC1C=C2C=CCCC2CC1COC(=O)C12OC1(CC(CO)=C(C)CCC1CCNC(NCNC)C1)C(=O)C1CCCC(CC(C)(C)CC3CCC(N)NC3)C1C2=O. The zero-order chi connectivity index (χ0) is 42.7.